The largest absolute Gasteiger partial charge is 0.369 e. The lowest BCUT2D eigenvalue weighted by Gasteiger charge is -2.12. The van der Waals surface area contributed by atoms with Crippen LogP contribution in [0.4, 0.5) is 0 Å². The standard InChI is InChI=1S/C17H18N4OS2/c1-21-15(11-13-8-5-9-23-13)19-20-17(21)24-14(16(18)22)10-12-6-3-2-4-7-12/h2-9,14H,10-11H2,1H3,(H2,18,22)/t14-/m0/s1. The van der Waals surface area contributed by atoms with Gasteiger partial charge in [-0.15, -0.1) is 21.5 Å². The second-order valence-corrected chi connectivity index (χ2v) is 7.61. The Morgan fingerprint density at radius 2 is 2.04 bits per heavy atom. The van der Waals surface area contributed by atoms with Crippen molar-refractivity contribution in [3.8, 4) is 0 Å². The Morgan fingerprint density at radius 1 is 1.25 bits per heavy atom. The minimum absolute atomic E-state index is 0.341. The smallest absolute Gasteiger partial charge is 0.231 e. The zero-order chi connectivity index (χ0) is 16.9. The first-order chi connectivity index (χ1) is 11.6. The summed E-state index contributed by atoms with van der Waals surface area (Å²) in [6, 6.07) is 14.0. The molecule has 2 N–H and O–H groups in total. The fraction of sp³-hybridized carbons (Fsp3) is 0.235. The summed E-state index contributed by atoms with van der Waals surface area (Å²) in [5.41, 5.74) is 6.66. The van der Waals surface area contributed by atoms with Crippen molar-refractivity contribution >= 4 is 29.0 Å². The maximum Gasteiger partial charge on any atom is 0.231 e. The average Bonchev–Trinajstić information content (AvgIpc) is 3.20. The van der Waals surface area contributed by atoms with Crippen molar-refractivity contribution in [2.24, 2.45) is 12.8 Å². The first-order valence-electron chi connectivity index (χ1n) is 7.54. The van der Waals surface area contributed by atoms with E-state index >= 15 is 0 Å². The summed E-state index contributed by atoms with van der Waals surface area (Å²) >= 11 is 3.06. The lowest BCUT2D eigenvalue weighted by molar-refractivity contribution is -0.117. The predicted octanol–water partition coefficient (Wildman–Crippen LogP) is 2.66. The van der Waals surface area contributed by atoms with E-state index < -0.39 is 0 Å². The van der Waals surface area contributed by atoms with E-state index in [0.717, 1.165) is 17.8 Å². The van der Waals surface area contributed by atoms with E-state index in [-0.39, 0.29) is 11.2 Å². The minimum Gasteiger partial charge on any atom is -0.369 e. The van der Waals surface area contributed by atoms with Crippen molar-refractivity contribution < 1.29 is 4.79 Å². The van der Waals surface area contributed by atoms with E-state index in [2.05, 4.69) is 16.3 Å². The third kappa shape index (κ3) is 4.04. The monoisotopic (exact) mass is 358 g/mol. The Kier molecular flexibility index (Phi) is 5.32. The number of thioether (sulfide) groups is 1. The van der Waals surface area contributed by atoms with Crippen LogP contribution in [0.25, 0.3) is 0 Å². The first-order valence-corrected chi connectivity index (χ1v) is 9.30. The van der Waals surface area contributed by atoms with Gasteiger partial charge >= 0.3 is 0 Å². The molecule has 3 rings (SSSR count). The number of aromatic nitrogens is 3. The molecule has 0 fully saturated rings. The van der Waals surface area contributed by atoms with Crippen molar-refractivity contribution in [1.29, 1.82) is 0 Å². The summed E-state index contributed by atoms with van der Waals surface area (Å²) in [5, 5.41) is 10.9. The van der Waals surface area contributed by atoms with Gasteiger partial charge in [-0.2, -0.15) is 0 Å². The van der Waals surface area contributed by atoms with Crippen LogP contribution in [0.2, 0.25) is 0 Å². The lowest BCUT2D eigenvalue weighted by Crippen LogP contribution is -2.28. The van der Waals surface area contributed by atoms with Crippen molar-refractivity contribution in [3.05, 3.63) is 64.1 Å². The fourth-order valence-corrected chi connectivity index (χ4v) is 4.03. The maximum absolute atomic E-state index is 11.8. The van der Waals surface area contributed by atoms with Gasteiger partial charge in [0, 0.05) is 18.3 Å². The summed E-state index contributed by atoms with van der Waals surface area (Å²) in [6.45, 7) is 0. The number of nitrogens with two attached hydrogens (primary N) is 1. The molecule has 24 heavy (non-hydrogen) atoms. The summed E-state index contributed by atoms with van der Waals surface area (Å²) in [6.07, 6.45) is 1.32. The summed E-state index contributed by atoms with van der Waals surface area (Å²) in [5.74, 6) is 0.537. The fourth-order valence-electron chi connectivity index (χ4n) is 2.33. The molecule has 3 aromatic rings. The Labute approximate surface area is 148 Å². The van der Waals surface area contributed by atoms with Crippen molar-refractivity contribution in [1.82, 2.24) is 14.8 Å². The van der Waals surface area contributed by atoms with E-state index in [0.29, 0.717) is 11.6 Å². The van der Waals surface area contributed by atoms with Crippen LogP contribution in [0.15, 0.2) is 53.0 Å². The van der Waals surface area contributed by atoms with Crippen molar-refractivity contribution in [2.75, 3.05) is 0 Å². The molecule has 0 aliphatic carbocycles. The molecule has 0 aliphatic rings. The molecule has 124 valence electrons. The number of thiophene rings is 1. The van der Waals surface area contributed by atoms with E-state index in [1.165, 1.54) is 16.6 Å². The van der Waals surface area contributed by atoms with Gasteiger partial charge in [0.2, 0.25) is 5.91 Å². The SMILES string of the molecule is Cn1c(Cc2cccs2)nnc1S[C@@H](Cc1ccccc1)C(N)=O. The molecule has 0 unspecified atom stereocenters. The van der Waals surface area contributed by atoms with Gasteiger partial charge in [-0.25, -0.2) is 0 Å². The third-order valence-electron chi connectivity index (χ3n) is 3.67. The Morgan fingerprint density at radius 3 is 2.71 bits per heavy atom. The molecule has 0 spiro atoms. The Bertz CT molecular complexity index is 799. The third-order valence-corrected chi connectivity index (χ3v) is 5.79. The van der Waals surface area contributed by atoms with Gasteiger partial charge in [0.05, 0.1) is 5.25 Å². The predicted molar refractivity (Wildman–Crippen MR) is 97.1 cm³/mol. The number of carbonyl (C=O) groups excluding carboxylic acids is 1. The number of hydrogen-bond acceptors (Lipinski definition) is 5. The molecule has 0 radical (unpaired) electrons. The second-order valence-electron chi connectivity index (χ2n) is 5.41. The highest BCUT2D eigenvalue weighted by molar-refractivity contribution is 8.00. The van der Waals surface area contributed by atoms with Gasteiger partial charge in [-0.3, -0.25) is 4.79 Å². The van der Waals surface area contributed by atoms with Gasteiger partial charge in [-0.1, -0.05) is 48.2 Å². The first kappa shape index (κ1) is 16.7. The number of primary amides is 1. The molecular weight excluding hydrogens is 340 g/mol. The van der Waals surface area contributed by atoms with Gasteiger partial charge in [-0.05, 0) is 23.4 Å². The van der Waals surface area contributed by atoms with Crippen molar-refractivity contribution in [2.45, 2.75) is 23.2 Å². The van der Waals surface area contributed by atoms with Gasteiger partial charge < -0.3 is 10.3 Å². The molecular formula is C17H18N4OS2. The van der Waals surface area contributed by atoms with E-state index in [1.807, 2.05) is 53.4 Å². The molecule has 0 saturated carbocycles. The van der Waals surface area contributed by atoms with Crippen LogP contribution < -0.4 is 5.73 Å². The van der Waals surface area contributed by atoms with Crippen LogP contribution in [0.3, 0.4) is 0 Å². The summed E-state index contributed by atoms with van der Waals surface area (Å²) < 4.78 is 1.94. The van der Waals surface area contributed by atoms with Gasteiger partial charge in [0.25, 0.3) is 0 Å². The maximum atomic E-state index is 11.8. The summed E-state index contributed by atoms with van der Waals surface area (Å²) in [4.78, 5) is 13.1. The Balaban J connectivity index is 1.73. The number of nitrogens with zero attached hydrogens (tertiary/aromatic N) is 3. The number of amides is 1. The molecule has 5 nitrogen and oxygen atoms in total. The Hall–Kier alpha value is -2.12. The van der Waals surface area contributed by atoms with Crippen molar-refractivity contribution in [3.63, 3.8) is 0 Å². The van der Waals surface area contributed by atoms with Crippen LogP contribution in [0.5, 0.6) is 0 Å². The van der Waals surface area contributed by atoms with Gasteiger partial charge in [0.15, 0.2) is 5.16 Å². The van der Waals surface area contributed by atoms with Crippen LogP contribution in [0, 0.1) is 0 Å². The van der Waals surface area contributed by atoms with E-state index in [1.54, 1.807) is 11.3 Å². The molecule has 0 saturated heterocycles. The molecule has 2 heterocycles. The number of hydrogen-bond donors (Lipinski definition) is 1. The van der Waals surface area contributed by atoms with Crippen LogP contribution in [-0.2, 0) is 24.7 Å². The average molecular weight is 358 g/mol. The zero-order valence-electron chi connectivity index (χ0n) is 13.3. The lowest BCUT2D eigenvalue weighted by atomic mass is 10.1. The molecule has 0 bridgehead atoms. The van der Waals surface area contributed by atoms with Crippen LogP contribution in [-0.4, -0.2) is 25.9 Å². The van der Waals surface area contributed by atoms with Gasteiger partial charge in [0.1, 0.15) is 5.82 Å². The molecule has 2 aromatic heterocycles. The highest BCUT2D eigenvalue weighted by Gasteiger charge is 2.21. The van der Waals surface area contributed by atoms with Crippen LogP contribution >= 0.6 is 23.1 Å². The normalized spacial score (nSPS) is 12.2. The van der Waals surface area contributed by atoms with E-state index in [4.69, 9.17) is 5.73 Å². The molecule has 7 heteroatoms. The number of carbonyl (C=O) groups is 1. The zero-order valence-corrected chi connectivity index (χ0v) is 14.9. The highest BCUT2D eigenvalue weighted by atomic mass is 32.2. The second kappa shape index (κ2) is 7.63. The topological polar surface area (TPSA) is 73.8 Å². The summed E-state index contributed by atoms with van der Waals surface area (Å²) in [7, 11) is 1.92. The number of rotatable bonds is 7. The number of benzene rings is 1. The molecule has 1 atom stereocenters. The highest BCUT2D eigenvalue weighted by Crippen LogP contribution is 2.25. The van der Waals surface area contributed by atoms with E-state index in [9.17, 15) is 4.79 Å². The molecule has 1 amide bonds. The minimum atomic E-state index is -0.370. The quantitative estimate of drug-likeness (QED) is 0.659. The molecule has 1 aromatic carbocycles. The van der Waals surface area contributed by atoms with Crippen LogP contribution in [0.1, 0.15) is 16.3 Å². The molecule has 0 aliphatic heterocycles.